The van der Waals surface area contributed by atoms with Crippen LogP contribution in [0.25, 0.3) is 11.4 Å². The van der Waals surface area contributed by atoms with Crippen molar-refractivity contribution >= 4 is 5.91 Å². The van der Waals surface area contributed by atoms with Crippen molar-refractivity contribution < 1.29 is 19.2 Å². The average molecular weight is 534 g/mol. The molecule has 2 aliphatic heterocycles. The number of pyridine rings is 1. The molecule has 0 saturated carbocycles. The Hall–Kier alpha value is -3.14. The first-order valence-corrected chi connectivity index (χ1v) is 13.6. The summed E-state index contributed by atoms with van der Waals surface area (Å²) in [5, 5.41) is 16.8. The molecule has 1 amide bonds. The lowest BCUT2D eigenvalue weighted by Gasteiger charge is -2.55. The maximum atomic E-state index is 12.5. The van der Waals surface area contributed by atoms with E-state index in [9.17, 15) is 9.90 Å². The SMILES string of the molecule is COC1CN(C(C)=O)CCC1c1nc(-c2cncc([C@@](O)(c3ccc(C(C)C)cc3)C3(C)CN(C)C3)c2)no1. The van der Waals surface area contributed by atoms with E-state index in [1.54, 1.807) is 31.3 Å². The third-order valence-corrected chi connectivity index (χ3v) is 8.59. The maximum absolute atomic E-state index is 12.5. The van der Waals surface area contributed by atoms with Gasteiger partial charge in [0.25, 0.3) is 0 Å². The minimum Gasteiger partial charge on any atom is -0.380 e. The zero-order chi connectivity index (χ0) is 27.9. The van der Waals surface area contributed by atoms with Crippen LogP contribution in [0.15, 0.2) is 47.2 Å². The first kappa shape index (κ1) is 27.4. The molecule has 5 rings (SSSR count). The van der Waals surface area contributed by atoms with Crippen LogP contribution in [-0.2, 0) is 15.1 Å². The van der Waals surface area contributed by atoms with Crippen LogP contribution in [0.2, 0.25) is 0 Å². The predicted molar refractivity (Wildman–Crippen MR) is 147 cm³/mol. The summed E-state index contributed by atoms with van der Waals surface area (Å²) in [6.45, 7) is 10.6. The lowest BCUT2D eigenvalue weighted by Crippen LogP contribution is -2.63. The van der Waals surface area contributed by atoms with Crippen molar-refractivity contribution in [1.29, 1.82) is 0 Å². The monoisotopic (exact) mass is 533 g/mol. The van der Waals surface area contributed by atoms with Gasteiger partial charge in [-0.2, -0.15) is 4.98 Å². The van der Waals surface area contributed by atoms with Crippen LogP contribution in [0.4, 0.5) is 0 Å². The summed E-state index contributed by atoms with van der Waals surface area (Å²) in [7, 11) is 3.70. The molecule has 2 saturated heterocycles. The van der Waals surface area contributed by atoms with Gasteiger partial charge in [0.15, 0.2) is 0 Å². The van der Waals surface area contributed by atoms with Gasteiger partial charge in [-0.05, 0) is 36.6 Å². The standard InChI is InChI=1S/C30H39N5O4/c1-19(2)21-7-9-23(10-8-21)30(37,29(4)17-34(5)18-29)24-13-22(14-31-15-24)27-32-28(39-33-27)25-11-12-35(20(3)36)16-26(25)38-6/h7-10,13-15,19,25-26,37H,11-12,16-18H2,1-6H3/t25?,26?,30-/m0/s1. The topological polar surface area (TPSA) is 105 Å². The van der Waals surface area contributed by atoms with Gasteiger partial charge in [-0.25, -0.2) is 0 Å². The normalized spacial score (nSPS) is 22.9. The number of aliphatic hydroxyl groups is 1. The van der Waals surface area contributed by atoms with E-state index in [1.807, 2.05) is 18.2 Å². The van der Waals surface area contributed by atoms with Crippen LogP contribution in [0.1, 0.15) is 68.5 Å². The third kappa shape index (κ3) is 4.88. The first-order valence-electron chi connectivity index (χ1n) is 13.6. The molecule has 0 aliphatic carbocycles. The number of carbonyl (C=O) groups excluding carboxylic acids is 1. The van der Waals surface area contributed by atoms with Gasteiger partial charge in [-0.3, -0.25) is 9.78 Å². The van der Waals surface area contributed by atoms with Crippen LogP contribution >= 0.6 is 0 Å². The molecule has 1 N–H and O–H groups in total. The van der Waals surface area contributed by atoms with Gasteiger partial charge >= 0.3 is 0 Å². The zero-order valence-corrected chi connectivity index (χ0v) is 23.7. The number of piperidine rings is 1. The highest BCUT2D eigenvalue weighted by atomic mass is 16.5. The summed E-state index contributed by atoms with van der Waals surface area (Å²) < 4.78 is 11.4. The van der Waals surface area contributed by atoms with Gasteiger partial charge in [0.2, 0.25) is 17.6 Å². The third-order valence-electron chi connectivity index (χ3n) is 8.59. The van der Waals surface area contributed by atoms with Crippen molar-refractivity contribution in [3.05, 3.63) is 65.3 Å². The number of likely N-dealkylation sites (tertiary alicyclic amines) is 2. The van der Waals surface area contributed by atoms with Gasteiger partial charge in [0, 0.05) is 69.1 Å². The van der Waals surface area contributed by atoms with Crippen LogP contribution in [0, 0.1) is 5.41 Å². The van der Waals surface area contributed by atoms with Crippen molar-refractivity contribution in [2.24, 2.45) is 5.41 Å². The molecule has 1 aromatic carbocycles. The number of ether oxygens (including phenoxy) is 1. The fraction of sp³-hybridized carbons (Fsp3) is 0.533. The summed E-state index contributed by atoms with van der Waals surface area (Å²) in [5.74, 6) is 1.22. The van der Waals surface area contributed by atoms with Crippen LogP contribution < -0.4 is 0 Å². The van der Waals surface area contributed by atoms with E-state index in [4.69, 9.17) is 14.2 Å². The summed E-state index contributed by atoms with van der Waals surface area (Å²) in [4.78, 5) is 25.1. The smallest absolute Gasteiger partial charge is 0.232 e. The molecule has 2 unspecified atom stereocenters. The van der Waals surface area contributed by atoms with Crippen molar-refractivity contribution in [3.8, 4) is 11.4 Å². The fourth-order valence-corrected chi connectivity index (χ4v) is 6.33. The number of carbonyl (C=O) groups is 1. The molecule has 0 spiro atoms. The number of nitrogens with zero attached hydrogens (tertiary/aromatic N) is 5. The van der Waals surface area contributed by atoms with Gasteiger partial charge in [0.1, 0.15) is 5.60 Å². The van der Waals surface area contributed by atoms with Crippen LogP contribution in [0.5, 0.6) is 0 Å². The summed E-state index contributed by atoms with van der Waals surface area (Å²) >= 11 is 0. The Morgan fingerprint density at radius 3 is 2.54 bits per heavy atom. The Bertz CT molecular complexity index is 1320. The lowest BCUT2D eigenvalue weighted by atomic mass is 9.62. The van der Waals surface area contributed by atoms with Gasteiger partial charge in [-0.15, -0.1) is 0 Å². The summed E-state index contributed by atoms with van der Waals surface area (Å²) in [5.41, 5.74) is 1.78. The Morgan fingerprint density at radius 2 is 1.92 bits per heavy atom. The molecule has 0 bridgehead atoms. The highest BCUT2D eigenvalue weighted by molar-refractivity contribution is 5.73. The molecule has 3 aromatic rings. The van der Waals surface area contributed by atoms with Crippen molar-refractivity contribution in [2.75, 3.05) is 40.3 Å². The Balaban J connectivity index is 1.48. The van der Waals surface area contributed by atoms with E-state index in [1.165, 1.54) is 5.56 Å². The molecule has 2 aromatic heterocycles. The van der Waals surface area contributed by atoms with E-state index in [2.05, 4.69) is 55.0 Å². The Morgan fingerprint density at radius 1 is 1.21 bits per heavy atom. The van der Waals surface area contributed by atoms with E-state index in [-0.39, 0.29) is 17.9 Å². The largest absolute Gasteiger partial charge is 0.380 e. The quantitative estimate of drug-likeness (QED) is 0.489. The highest BCUT2D eigenvalue weighted by Gasteiger charge is 2.55. The van der Waals surface area contributed by atoms with E-state index < -0.39 is 11.0 Å². The molecule has 9 nitrogen and oxygen atoms in total. The number of benzene rings is 1. The molecule has 2 fully saturated rings. The maximum Gasteiger partial charge on any atom is 0.232 e. The number of hydrogen-bond donors (Lipinski definition) is 1. The number of amides is 1. The minimum atomic E-state index is -1.26. The van der Waals surface area contributed by atoms with E-state index >= 15 is 0 Å². The molecule has 39 heavy (non-hydrogen) atoms. The summed E-state index contributed by atoms with van der Waals surface area (Å²) in [6, 6.07) is 10.2. The molecule has 4 heterocycles. The summed E-state index contributed by atoms with van der Waals surface area (Å²) in [6.07, 6.45) is 3.88. The Kier molecular flexibility index (Phi) is 7.35. The first-order chi connectivity index (χ1) is 18.6. The molecular weight excluding hydrogens is 494 g/mol. The molecular formula is C30H39N5O4. The second-order valence-electron chi connectivity index (χ2n) is 11.8. The number of rotatable bonds is 7. The Labute approximate surface area is 230 Å². The van der Waals surface area contributed by atoms with Gasteiger partial charge in [0.05, 0.1) is 12.0 Å². The van der Waals surface area contributed by atoms with Crippen molar-refractivity contribution in [3.63, 3.8) is 0 Å². The van der Waals surface area contributed by atoms with Crippen LogP contribution in [0.3, 0.4) is 0 Å². The average Bonchev–Trinajstić information content (AvgIpc) is 3.41. The lowest BCUT2D eigenvalue weighted by molar-refractivity contribution is -0.133. The molecule has 2 aliphatic rings. The highest BCUT2D eigenvalue weighted by Crippen LogP contribution is 2.50. The second kappa shape index (κ2) is 10.4. The molecule has 208 valence electrons. The van der Waals surface area contributed by atoms with Gasteiger partial charge < -0.3 is 24.2 Å². The number of hydrogen-bond acceptors (Lipinski definition) is 8. The van der Waals surface area contributed by atoms with E-state index in [0.717, 1.165) is 18.7 Å². The molecule has 0 radical (unpaired) electrons. The zero-order valence-electron chi connectivity index (χ0n) is 23.7. The number of methoxy groups -OCH3 is 1. The van der Waals surface area contributed by atoms with Gasteiger partial charge in [-0.1, -0.05) is 50.2 Å². The number of aromatic nitrogens is 3. The molecule has 9 heteroatoms. The minimum absolute atomic E-state index is 0.0299. The van der Waals surface area contributed by atoms with E-state index in [0.29, 0.717) is 48.3 Å². The van der Waals surface area contributed by atoms with Crippen molar-refractivity contribution in [2.45, 2.75) is 57.7 Å². The van der Waals surface area contributed by atoms with Crippen LogP contribution in [-0.4, -0.2) is 82.4 Å². The fourth-order valence-electron chi connectivity index (χ4n) is 6.33. The molecule has 3 atom stereocenters. The van der Waals surface area contributed by atoms with Crippen molar-refractivity contribution in [1.82, 2.24) is 24.9 Å². The second-order valence-corrected chi connectivity index (χ2v) is 11.8. The predicted octanol–water partition coefficient (Wildman–Crippen LogP) is 3.79.